The molecule has 2 aliphatic heterocycles. The van der Waals surface area contributed by atoms with Crippen molar-refractivity contribution >= 4 is 11.9 Å². The van der Waals surface area contributed by atoms with Gasteiger partial charge >= 0.3 is 12.1 Å². The number of ether oxygens (including phenoxy) is 1. The van der Waals surface area contributed by atoms with Crippen LogP contribution in [0.15, 0.2) is 24.3 Å². The van der Waals surface area contributed by atoms with E-state index in [0.717, 1.165) is 38.2 Å². The Bertz CT molecular complexity index is 728. The lowest BCUT2D eigenvalue weighted by Gasteiger charge is -2.31. The van der Waals surface area contributed by atoms with E-state index in [4.69, 9.17) is 14.6 Å². The highest BCUT2D eigenvalue weighted by Gasteiger charge is 2.41. The first kappa shape index (κ1) is 23.1. The molecule has 0 radical (unpaired) electrons. The summed E-state index contributed by atoms with van der Waals surface area (Å²) in [5, 5.41) is 7.12. The number of hydrogen-bond acceptors (Lipinski definition) is 4. The largest absolute Gasteiger partial charge is 0.490 e. The van der Waals surface area contributed by atoms with Crippen LogP contribution in [0.4, 0.5) is 17.6 Å². The van der Waals surface area contributed by atoms with Gasteiger partial charge in [-0.3, -0.25) is 4.79 Å². The van der Waals surface area contributed by atoms with Crippen molar-refractivity contribution in [3.63, 3.8) is 0 Å². The van der Waals surface area contributed by atoms with E-state index in [1.165, 1.54) is 12.1 Å². The zero-order chi connectivity index (χ0) is 21.7. The van der Waals surface area contributed by atoms with Gasteiger partial charge in [-0.2, -0.15) is 13.2 Å². The van der Waals surface area contributed by atoms with Gasteiger partial charge in [0.15, 0.2) is 0 Å². The van der Waals surface area contributed by atoms with Crippen LogP contribution in [0.1, 0.15) is 12.0 Å². The minimum Gasteiger partial charge on any atom is -0.475 e. The quantitative estimate of drug-likeness (QED) is 0.743. The third kappa shape index (κ3) is 6.97. The number of aliphatic carboxylic acids is 1. The molecule has 10 heteroatoms. The Kier molecular flexibility index (Phi) is 7.59. The predicted octanol–water partition coefficient (Wildman–Crippen LogP) is 2.18. The Morgan fingerprint density at radius 2 is 1.93 bits per heavy atom. The van der Waals surface area contributed by atoms with Gasteiger partial charge in [0.05, 0.1) is 19.6 Å². The molecule has 162 valence electrons. The molecule has 0 saturated carbocycles. The van der Waals surface area contributed by atoms with Crippen LogP contribution in [0, 0.1) is 11.2 Å². The van der Waals surface area contributed by atoms with Crippen molar-refractivity contribution in [1.29, 1.82) is 0 Å². The zero-order valence-electron chi connectivity index (χ0n) is 16.0. The lowest BCUT2D eigenvalue weighted by atomic mass is 9.87. The Morgan fingerprint density at radius 3 is 2.48 bits per heavy atom. The molecule has 2 heterocycles. The lowest BCUT2D eigenvalue weighted by molar-refractivity contribution is -0.192. The molecule has 2 aliphatic rings. The molecule has 6 nitrogen and oxygen atoms in total. The summed E-state index contributed by atoms with van der Waals surface area (Å²) in [5.74, 6) is -2.99. The Balaban J connectivity index is 0.000000370. The molecule has 1 spiro atoms. The summed E-state index contributed by atoms with van der Waals surface area (Å²) < 4.78 is 50.7. The molecule has 2 fully saturated rings. The number of halogens is 4. The van der Waals surface area contributed by atoms with Crippen LogP contribution in [0.3, 0.4) is 0 Å². The molecule has 0 aromatic heterocycles. The fourth-order valence-corrected chi connectivity index (χ4v) is 3.54. The number of nitrogens with zero attached hydrogens (tertiary/aromatic N) is 2. The molecule has 29 heavy (non-hydrogen) atoms. The normalized spacial score (nSPS) is 22.7. The lowest BCUT2D eigenvalue weighted by Crippen LogP contribution is -2.43. The highest BCUT2D eigenvalue weighted by molar-refractivity contribution is 5.79. The SMILES string of the molecule is CN1CCC2(COCCN(C(=O)Cc3cccc(F)c3)C2)C1.O=C(O)C(F)(F)F. The van der Waals surface area contributed by atoms with Gasteiger partial charge in [0.2, 0.25) is 5.91 Å². The van der Waals surface area contributed by atoms with Crippen LogP contribution in [0.2, 0.25) is 0 Å². The predicted molar refractivity (Wildman–Crippen MR) is 95.7 cm³/mol. The number of benzene rings is 1. The van der Waals surface area contributed by atoms with Crippen LogP contribution in [-0.2, 0) is 20.7 Å². The summed E-state index contributed by atoms with van der Waals surface area (Å²) in [7, 11) is 2.11. The summed E-state index contributed by atoms with van der Waals surface area (Å²) in [6.07, 6.45) is -3.77. The number of rotatable bonds is 2. The van der Waals surface area contributed by atoms with Crippen molar-refractivity contribution in [3.8, 4) is 0 Å². The van der Waals surface area contributed by atoms with E-state index >= 15 is 0 Å². The summed E-state index contributed by atoms with van der Waals surface area (Å²) in [4.78, 5) is 25.7. The highest BCUT2D eigenvalue weighted by Crippen LogP contribution is 2.32. The molecule has 1 unspecified atom stereocenters. The minimum absolute atomic E-state index is 0.0584. The second kappa shape index (κ2) is 9.53. The van der Waals surface area contributed by atoms with Gasteiger partial charge in [-0.1, -0.05) is 12.1 Å². The van der Waals surface area contributed by atoms with Gasteiger partial charge in [0.25, 0.3) is 0 Å². The van der Waals surface area contributed by atoms with Gasteiger partial charge < -0.3 is 19.6 Å². The smallest absolute Gasteiger partial charge is 0.475 e. The monoisotopic (exact) mass is 420 g/mol. The number of likely N-dealkylation sites (tertiary alicyclic amines) is 1. The van der Waals surface area contributed by atoms with E-state index in [1.807, 2.05) is 4.90 Å². The third-order valence-corrected chi connectivity index (χ3v) is 4.91. The standard InChI is InChI=1S/C17H23FN2O2.C2HF3O2/c1-19-6-5-17(11-19)12-20(7-8-22-13-17)16(21)10-14-3-2-4-15(18)9-14;3-2(4,5)1(6)7/h2-4,9H,5-8,10-13H2,1H3;(H,6,7). The molecule has 1 N–H and O–H groups in total. The molecule has 1 amide bonds. The van der Waals surface area contributed by atoms with Crippen LogP contribution in [0.5, 0.6) is 0 Å². The fraction of sp³-hybridized carbons (Fsp3) is 0.579. The van der Waals surface area contributed by atoms with E-state index in [0.29, 0.717) is 13.2 Å². The van der Waals surface area contributed by atoms with Crippen molar-refractivity contribution < 1.29 is 37.0 Å². The van der Waals surface area contributed by atoms with E-state index < -0.39 is 12.1 Å². The first-order valence-electron chi connectivity index (χ1n) is 9.09. The molecular formula is C19H24F4N2O4. The van der Waals surface area contributed by atoms with Crippen molar-refractivity contribution in [3.05, 3.63) is 35.6 Å². The van der Waals surface area contributed by atoms with Crippen LogP contribution in [0.25, 0.3) is 0 Å². The van der Waals surface area contributed by atoms with Crippen molar-refractivity contribution in [2.75, 3.05) is 46.4 Å². The second-order valence-corrected chi connectivity index (χ2v) is 7.47. The molecule has 1 aromatic carbocycles. The summed E-state index contributed by atoms with van der Waals surface area (Å²) in [6, 6.07) is 6.29. The number of carbonyl (C=O) groups is 2. The third-order valence-electron chi connectivity index (χ3n) is 4.91. The topological polar surface area (TPSA) is 70.1 Å². The fourth-order valence-electron chi connectivity index (χ4n) is 3.54. The van der Waals surface area contributed by atoms with E-state index in [1.54, 1.807) is 12.1 Å². The van der Waals surface area contributed by atoms with Crippen LogP contribution < -0.4 is 0 Å². The number of carboxylic acids is 1. The summed E-state index contributed by atoms with van der Waals surface area (Å²) >= 11 is 0. The summed E-state index contributed by atoms with van der Waals surface area (Å²) in [6.45, 7) is 4.69. The van der Waals surface area contributed by atoms with Gasteiger partial charge in [-0.05, 0) is 37.7 Å². The molecule has 3 rings (SSSR count). The maximum Gasteiger partial charge on any atom is 0.490 e. The van der Waals surface area contributed by atoms with Gasteiger partial charge in [-0.25, -0.2) is 9.18 Å². The average molecular weight is 420 g/mol. The van der Waals surface area contributed by atoms with E-state index in [-0.39, 0.29) is 23.6 Å². The minimum atomic E-state index is -5.08. The number of alkyl halides is 3. The first-order valence-corrected chi connectivity index (χ1v) is 9.09. The molecular weight excluding hydrogens is 396 g/mol. The molecule has 1 aromatic rings. The number of carboxylic acid groups (broad SMARTS) is 1. The number of amides is 1. The Labute approximate surface area is 166 Å². The highest BCUT2D eigenvalue weighted by atomic mass is 19.4. The second-order valence-electron chi connectivity index (χ2n) is 7.47. The Morgan fingerprint density at radius 1 is 1.24 bits per heavy atom. The number of carbonyl (C=O) groups excluding carboxylic acids is 1. The van der Waals surface area contributed by atoms with Gasteiger partial charge in [0, 0.05) is 25.0 Å². The van der Waals surface area contributed by atoms with E-state index in [9.17, 15) is 22.4 Å². The summed E-state index contributed by atoms with van der Waals surface area (Å²) in [5.41, 5.74) is 0.788. The number of hydrogen-bond donors (Lipinski definition) is 1. The molecule has 0 aliphatic carbocycles. The average Bonchev–Trinajstić information content (AvgIpc) is 2.84. The van der Waals surface area contributed by atoms with Crippen LogP contribution in [-0.4, -0.2) is 79.4 Å². The van der Waals surface area contributed by atoms with Crippen LogP contribution >= 0.6 is 0 Å². The van der Waals surface area contributed by atoms with Gasteiger partial charge in [0.1, 0.15) is 5.82 Å². The van der Waals surface area contributed by atoms with Crippen molar-refractivity contribution in [1.82, 2.24) is 9.80 Å². The molecule has 2 saturated heterocycles. The zero-order valence-corrected chi connectivity index (χ0v) is 16.0. The van der Waals surface area contributed by atoms with Crippen molar-refractivity contribution in [2.24, 2.45) is 5.41 Å². The maximum atomic E-state index is 13.3. The van der Waals surface area contributed by atoms with Crippen molar-refractivity contribution in [2.45, 2.75) is 19.0 Å². The first-order chi connectivity index (χ1) is 13.5. The van der Waals surface area contributed by atoms with Gasteiger partial charge in [-0.15, -0.1) is 0 Å². The molecule has 1 atom stereocenters. The van der Waals surface area contributed by atoms with E-state index in [2.05, 4.69) is 11.9 Å². The maximum absolute atomic E-state index is 13.3. The Hall–Kier alpha value is -2.20. The molecule has 0 bridgehead atoms.